The van der Waals surface area contributed by atoms with Gasteiger partial charge in [-0.3, -0.25) is 4.79 Å². The fourth-order valence-corrected chi connectivity index (χ4v) is 5.38. The second kappa shape index (κ2) is 10.3. The Morgan fingerprint density at radius 2 is 1.71 bits per heavy atom. The lowest BCUT2D eigenvalue weighted by molar-refractivity contribution is -0.126. The van der Waals surface area contributed by atoms with E-state index in [1.807, 2.05) is 69.3 Å². The van der Waals surface area contributed by atoms with Crippen molar-refractivity contribution in [2.24, 2.45) is 5.92 Å². The quantitative estimate of drug-likeness (QED) is 0.672. The number of nitrogens with one attached hydrogen (secondary N) is 1. The minimum atomic E-state index is -3.38. The van der Waals surface area contributed by atoms with Crippen molar-refractivity contribution >= 4 is 15.9 Å². The zero-order valence-corrected chi connectivity index (χ0v) is 19.3. The lowest BCUT2D eigenvalue weighted by Gasteiger charge is -2.31. The maximum atomic E-state index is 12.8. The molecule has 0 spiro atoms. The third-order valence-electron chi connectivity index (χ3n) is 5.74. The molecule has 1 aliphatic rings. The van der Waals surface area contributed by atoms with E-state index >= 15 is 0 Å². The minimum Gasteiger partial charge on any atom is -0.494 e. The summed E-state index contributed by atoms with van der Waals surface area (Å²) >= 11 is 0. The van der Waals surface area contributed by atoms with Crippen LogP contribution in [0.25, 0.3) is 0 Å². The number of ether oxygens (including phenoxy) is 1. The molecule has 6 nitrogen and oxygen atoms in total. The standard InChI is InChI=1S/C24H32N2O4S/c1-4-30-23-11-9-21(10-12-23)19(3)25-24(27)22-13-15-26(16-14-22)31(28,29)17-20-7-5-18(2)6-8-20/h5-12,19,22H,4,13-17H2,1-3H3,(H,25,27). The summed E-state index contributed by atoms with van der Waals surface area (Å²) in [5.41, 5.74) is 2.90. The summed E-state index contributed by atoms with van der Waals surface area (Å²) in [6, 6.07) is 15.2. The monoisotopic (exact) mass is 444 g/mol. The Labute approximate surface area is 185 Å². The van der Waals surface area contributed by atoms with Gasteiger partial charge in [0.25, 0.3) is 0 Å². The fraction of sp³-hybridized carbons (Fsp3) is 0.458. The normalized spacial score (nSPS) is 16.6. The van der Waals surface area contributed by atoms with Crippen LogP contribution >= 0.6 is 0 Å². The van der Waals surface area contributed by atoms with Gasteiger partial charge in [-0.15, -0.1) is 0 Å². The predicted octanol–water partition coefficient (Wildman–Crippen LogP) is 3.81. The number of hydrogen-bond acceptors (Lipinski definition) is 4. The molecule has 31 heavy (non-hydrogen) atoms. The summed E-state index contributed by atoms with van der Waals surface area (Å²) in [7, 11) is -3.38. The van der Waals surface area contributed by atoms with Gasteiger partial charge in [-0.05, 0) is 56.9 Å². The van der Waals surface area contributed by atoms with Gasteiger partial charge in [0.05, 0.1) is 18.4 Å². The van der Waals surface area contributed by atoms with Crippen molar-refractivity contribution in [2.75, 3.05) is 19.7 Å². The molecule has 0 bridgehead atoms. The van der Waals surface area contributed by atoms with Crippen molar-refractivity contribution in [1.82, 2.24) is 9.62 Å². The molecule has 1 heterocycles. The molecule has 168 valence electrons. The van der Waals surface area contributed by atoms with Gasteiger partial charge in [0, 0.05) is 19.0 Å². The SMILES string of the molecule is CCOc1ccc(C(C)NC(=O)C2CCN(S(=O)(=O)Cc3ccc(C)cc3)CC2)cc1. The molecular weight excluding hydrogens is 412 g/mol. The Kier molecular flexibility index (Phi) is 7.73. The van der Waals surface area contributed by atoms with E-state index in [-0.39, 0.29) is 23.6 Å². The van der Waals surface area contributed by atoms with Crippen molar-refractivity contribution in [1.29, 1.82) is 0 Å². The first kappa shape index (κ1) is 23.3. The van der Waals surface area contributed by atoms with Crippen molar-refractivity contribution < 1.29 is 17.9 Å². The maximum Gasteiger partial charge on any atom is 0.223 e. The van der Waals surface area contributed by atoms with E-state index in [9.17, 15) is 13.2 Å². The Morgan fingerprint density at radius 1 is 1.10 bits per heavy atom. The van der Waals surface area contributed by atoms with Gasteiger partial charge in [-0.1, -0.05) is 42.0 Å². The number of carbonyl (C=O) groups excluding carboxylic acids is 1. The first-order valence-corrected chi connectivity index (χ1v) is 12.5. The number of rotatable bonds is 8. The molecule has 1 aliphatic heterocycles. The number of carbonyl (C=O) groups is 1. The Balaban J connectivity index is 1.51. The third-order valence-corrected chi connectivity index (χ3v) is 7.59. The molecule has 0 aromatic heterocycles. The number of aryl methyl sites for hydroxylation is 1. The summed E-state index contributed by atoms with van der Waals surface area (Å²) < 4.78 is 32.5. The Hall–Kier alpha value is -2.38. The van der Waals surface area contributed by atoms with Crippen molar-refractivity contribution in [2.45, 2.75) is 45.4 Å². The van der Waals surface area contributed by atoms with Crippen LogP contribution in [-0.4, -0.2) is 38.3 Å². The topological polar surface area (TPSA) is 75.7 Å². The molecule has 3 rings (SSSR count). The molecule has 0 radical (unpaired) electrons. The highest BCUT2D eigenvalue weighted by atomic mass is 32.2. The van der Waals surface area contributed by atoms with Gasteiger partial charge in [-0.25, -0.2) is 12.7 Å². The second-order valence-corrected chi connectivity index (χ2v) is 10.1. The number of nitrogens with zero attached hydrogens (tertiary/aromatic N) is 1. The molecule has 0 saturated carbocycles. The first-order valence-electron chi connectivity index (χ1n) is 10.8. The highest BCUT2D eigenvalue weighted by Gasteiger charge is 2.31. The van der Waals surface area contributed by atoms with Crippen LogP contribution in [0, 0.1) is 12.8 Å². The summed E-state index contributed by atoms with van der Waals surface area (Å²) in [5.74, 6) is 0.621. The third kappa shape index (κ3) is 6.31. The van der Waals surface area contributed by atoms with E-state index in [2.05, 4.69) is 5.32 Å². The molecular formula is C24H32N2O4S. The number of hydrogen-bond donors (Lipinski definition) is 1. The minimum absolute atomic E-state index is 0.00107. The summed E-state index contributed by atoms with van der Waals surface area (Å²) in [4.78, 5) is 12.7. The molecule has 2 aromatic carbocycles. The van der Waals surface area contributed by atoms with Crippen LogP contribution in [0.15, 0.2) is 48.5 Å². The van der Waals surface area contributed by atoms with E-state index in [0.29, 0.717) is 32.5 Å². The average molecular weight is 445 g/mol. The number of sulfonamides is 1. The van der Waals surface area contributed by atoms with Gasteiger partial charge in [0.2, 0.25) is 15.9 Å². The van der Waals surface area contributed by atoms with E-state index in [1.165, 1.54) is 4.31 Å². The largest absolute Gasteiger partial charge is 0.494 e. The van der Waals surface area contributed by atoms with Crippen LogP contribution < -0.4 is 10.1 Å². The molecule has 0 aliphatic carbocycles. The van der Waals surface area contributed by atoms with E-state index in [1.54, 1.807) is 0 Å². The molecule has 1 amide bonds. The van der Waals surface area contributed by atoms with Crippen LogP contribution in [0.4, 0.5) is 0 Å². The molecule has 1 N–H and O–H groups in total. The van der Waals surface area contributed by atoms with Gasteiger partial charge >= 0.3 is 0 Å². The number of piperidine rings is 1. The summed E-state index contributed by atoms with van der Waals surface area (Å²) in [6.07, 6.45) is 1.07. The summed E-state index contributed by atoms with van der Waals surface area (Å²) in [6.45, 7) is 7.24. The van der Waals surface area contributed by atoms with E-state index < -0.39 is 10.0 Å². The molecule has 2 aromatic rings. The van der Waals surface area contributed by atoms with Gasteiger partial charge in [0.1, 0.15) is 5.75 Å². The lowest BCUT2D eigenvalue weighted by Crippen LogP contribution is -2.43. The zero-order valence-electron chi connectivity index (χ0n) is 18.5. The molecule has 7 heteroatoms. The van der Waals surface area contributed by atoms with Crippen molar-refractivity contribution in [3.63, 3.8) is 0 Å². The van der Waals surface area contributed by atoms with Crippen molar-refractivity contribution in [3.05, 3.63) is 65.2 Å². The van der Waals surface area contributed by atoms with Crippen LogP contribution in [0.1, 0.15) is 49.4 Å². The predicted molar refractivity (Wildman–Crippen MR) is 122 cm³/mol. The van der Waals surface area contributed by atoms with Crippen LogP contribution in [-0.2, 0) is 20.6 Å². The van der Waals surface area contributed by atoms with E-state index in [4.69, 9.17) is 4.74 Å². The van der Waals surface area contributed by atoms with Gasteiger partial charge in [0.15, 0.2) is 0 Å². The molecule has 1 unspecified atom stereocenters. The molecule has 1 saturated heterocycles. The van der Waals surface area contributed by atoms with Crippen LogP contribution in [0.3, 0.4) is 0 Å². The lowest BCUT2D eigenvalue weighted by atomic mass is 9.96. The molecule has 1 atom stereocenters. The van der Waals surface area contributed by atoms with Crippen LogP contribution in [0.5, 0.6) is 5.75 Å². The maximum absolute atomic E-state index is 12.8. The second-order valence-electron chi connectivity index (χ2n) is 8.15. The van der Waals surface area contributed by atoms with Crippen LogP contribution in [0.2, 0.25) is 0 Å². The fourth-order valence-electron chi connectivity index (χ4n) is 3.82. The Bertz CT molecular complexity index is 964. The first-order chi connectivity index (χ1) is 14.8. The zero-order chi connectivity index (χ0) is 22.4. The van der Waals surface area contributed by atoms with Gasteiger partial charge < -0.3 is 10.1 Å². The highest BCUT2D eigenvalue weighted by Crippen LogP contribution is 2.24. The van der Waals surface area contributed by atoms with Gasteiger partial charge in [-0.2, -0.15) is 0 Å². The average Bonchev–Trinajstić information content (AvgIpc) is 2.76. The highest BCUT2D eigenvalue weighted by molar-refractivity contribution is 7.88. The van der Waals surface area contributed by atoms with Crippen molar-refractivity contribution in [3.8, 4) is 5.75 Å². The number of benzene rings is 2. The molecule has 1 fully saturated rings. The summed E-state index contributed by atoms with van der Waals surface area (Å²) in [5, 5.41) is 3.07. The smallest absolute Gasteiger partial charge is 0.223 e. The Morgan fingerprint density at radius 3 is 2.29 bits per heavy atom. The number of amides is 1. The van der Waals surface area contributed by atoms with E-state index in [0.717, 1.165) is 22.4 Å².